The van der Waals surface area contributed by atoms with E-state index in [0.29, 0.717) is 24.4 Å². The van der Waals surface area contributed by atoms with Crippen LogP contribution in [0.5, 0.6) is 5.75 Å². The quantitative estimate of drug-likeness (QED) is 0.139. The van der Waals surface area contributed by atoms with Gasteiger partial charge >= 0.3 is 0 Å². The number of amides is 1. The van der Waals surface area contributed by atoms with Gasteiger partial charge in [-0.25, -0.2) is 27.4 Å². The largest absolute Gasteiger partial charge is 0.497 e. The lowest BCUT2D eigenvalue weighted by Crippen LogP contribution is -2.48. The maximum absolute atomic E-state index is 15.5. The summed E-state index contributed by atoms with van der Waals surface area (Å²) < 4.78 is 75.3. The molecular formula is C28H26F5N3O3. The van der Waals surface area contributed by atoms with Gasteiger partial charge in [0, 0.05) is 29.6 Å². The van der Waals surface area contributed by atoms with Gasteiger partial charge in [0.2, 0.25) is 5.91 Å². The molecule has 6 nitrogen and oxygen atoms in total. The van der Waals surface area contributed by atoms with Gasteiger partial charge < -0.3 is 4.74 Å². The Morgan fingerprint density at radius 2 is 1.85 bits per heavy atom. The van der Waals surface area contributed by atoms with E-state index >= 15 is 4.39 Å². The molecule has 1 amide bonds. The maximum Gasteiger partial charge on any atom is 0.249 e. The van der Waals surface area contributed by atoms with Crippen molar-refractivity contribution in [1.82, 2.24) is 15.4 Å². The number of nitrogens with one attached hydrogen (secondary N) is 1. The van der Waals surface area contributed by atoms with Crippen molar-refractivity contribution in [1.29, 1.82) is 0 Å². The normalized spacial score (nSPS) is 15.9. The highest BCUT2D eigenvalue weighted by Gasteiger charge is 2.41. The van der Waals surface area contributed by atoms with Crippen LogP contribution in [-0.2, 0) is 4.79 Å². The first-order chi connectivity index (χ1) is 18.7. The fourth-order valence-electron chi connectivity index (χ4n) is 4.89. The number of halogens is 5. The first kappa shape index (κ1) is 28.3. The average Bonchev–Trinajstić information content (AvgIpc) is 2.94. The van der Waals surface area contributed by atoms with Crippen molar-refractivity contribution in [2.75, 3.05) is 26.7 Å². The Morgan fingerprint density at radius 3 is 2.49 bits per heavy atom. The SMILES string of the molecule is COc1ccc2ncc(F)c(C(F)CCC3(C(=O)NO)CCN(CC#Cc4cc(F)c(F)c(F)c4)CC3)c2c1. The third-order valence-corrected chi connectivity index (χ3v) is 7.17. The van der Waals surface area contributed by atoms with Crippen molar-refractivity contribution in [2.24, 2.45) is 5.41 Å². The Labute approximate surface area is 221 Å². The fraction of sp³-hybridized carbons (Fsp3) is 0.357. The van der Waals surface area contributed by atoms with Crippen molar-refractivity contribution in [3.8, 4) is 17.6 Å². The van der Waals surface area contributed by atoms with Gasteiger partial charge in [-0.1, -0.05) is 11.8 Å². The van der Waals surface area contributed by atoms with E-state index in [4.69, 9.17) is 4.74 Å². The van der Waals surface area contributed by atoms with Crippen molar-refractivity contribution < 1.29 is 36.7 Å². The molecule has 1 unspecified atom stereocenters. The summed E-state index contributed by atoms with van der Waals surface area (Å²) in [5, 5.41) is 9.65. The van der Waals surface area contributed by atoms with Crippen molar-refractivity contribution in [3.05, 3.63) is 70.9 Å². The minimum atomic E-state index is -1.74. The fourth-order valence-corrected chi connectivity index (χ4v) is 4.89. The summed E-state index contributed by atoms with van der Waals surface area (Å²) in [6.45, 7) is 0.948. The van der Waals surface area contributed by atoms with Crippen molar-refractivity contribution in [3.63, 3.8) is 0 Å². The number of pyridine rings is 1. The number of piperidine rings is 1. The average molecular weight is 548 g/mol. The first-order valence-electron chi connectivity index (χ1n) is 12.2. The maximum atomic E-state index is 15.5. The Bertz CT molecular complexity index is 1410. The molecule has 2 N–H and O–H groups in total. The van der Waals surface area contributed by atoms with Gasteiger partial charge in [0.25, 0.3) is 0 Å². The lowest BCUT2D eigenvalue weighted by Gasteiger charge is -2.39. The third-order valence-electron chi connectivity index (χ3n) is 7.17. The highest BCUT2D eigenvalue weighted by atomic mass is 19.2. The zero-order valence-electron chi connectivity index (χ0n) is 21.0. The molecule has 3 aromatic rings. The molecule has 1 fully saturated rings. The minimum absolute atomic E-state index is 0.0140. The molecule has 1 saturated heterocycles. The van der Waals surface area contributed by atoms with Crippen LogP contribution in [-0.4, -0.2) is 47.7 Å². The van der Waals surface area contributed by atoms with Crippen LogP contribution in [0.1, 0.15) is 43.0 Å². The molecule has 0 spiro atoms. The van der Waals surface area contributed by atoms with Gasteiger partial charge in [-0.3, -0.25) is 19.9 Å². The van der Waals surface area contributed by atoms with E-state index in [-0.39, 0.29) is 48.7 Å². The van der Waals surface area contributed by atoms with Crippen LogP contribution in [0.4, 0.5) is 22.0 Å². The zero-order chi connectivity index (χ0) is 28.2. The molecule has 0 aliphatic carbocycles. The van der Waals surface area contributed by atoms with Crippen LogP contribution in [0.15, 0.2) is 36.5 Å². The zero-order valence-corrected chi connectivity index (χ0v) is 21.0. The molecule has 0 saturated carbocycles. The predicted molar refractivity (Wildman–Crippen MR) is 133 cm³/mol. The number of hydrogen-bond acceptors (Lipinski definition) is 5. The highest BCUT2D eigenvalue weighted by Crippen LogP contribution is 2.41. The van der Waals surface area contributed by atoms with Crippen LogP contribution in [0.2, 0.25) is 0 Å². The van der Waals surface area contributed by atoms with Gasteiger partial charge in [-0.05, 0) is 56.0 Å². The molecule has 0 bridgehead atoms. The molecule has 1 aromatic heterocycles. The number of hydrogen-bond donors (Lipinski definition) is 2. The molecule has 1 aliphatic heterocycles. The second kappa shape index (κ2) is 12.0. The van der Waals surface area contributed by atoms with Gasteiger partial charge in [-0.15, -0.1) is 0 Å². The Kier molecular flexibility index (Phi) is 8.67. The number of aromatic nitrogens is 1. The number of fused-ring (bicyclic) bond motifs is 1. The number of benzene rings is 2. The lowest BCUT2D eigenvalue weighted by molar-refractivity contribution is -0.143. The molecule has 1 atom stereocenters. The molecular weight excluding hydrogens is 521 g/mol. The van der Waals surface area contributed by atoms with Crippen LogP contribution >= 0.6 is 0 Å². The molecule has 11 heteroatoms. The van der Waals surface area contributed by atoms with Crippen LogP contribution < -0.4 is 10.2 Å². The van der Waals surface area contributed by atoms with Crippen LogP contribution in [0.3, 0.4) is 0 Å². The molecule has 2 heterocycles. The third kappa shape index (κ3) is 6.13. The highest BCUT2D eigenvalue weighted by molar-refractivity contribution is 5.84. The van der Waals surface area contributed by atoms with Crippen LogP contribution in [0.25, 0.3) is 10.9 Å². The van der Waals surface area contributed by atoms with Crippen molar-refractivity contribution >= 4 is 16.8 Å². The molecule has 2 aromatic carbocycles. The lowest BCUT2D eigenvalue weighted by atomic mass is 9.73. The van der Waals surface area contributed by atoms with Crippen molar-refractivity contribution in [2.45, 2.75) is 31.9 Å². The summed E-state index contributed by atoms with van der Waals surface area (Å²) in [7, 11) is 1.44. The van der Waals surface area contributed by atoms with Gasteiger partial charge in [0.1, 0.15) is 17.7 Å². The van der Waals surface area contributed by atoms with Gasteiger partial charge in [-0.2, -0.15) is 0 Å². The standard InChI is InChI=1S/C28H26F5N3O3/c1-39-18-4-5-24-19(15-18)25(23(32)16-34-24)20(29)6-7-28(27(37)35-38)8-11-36(12-9-28)10-2-3-17-13-21(30)26(33)22(31)14-17/h4-5,13-16,20,38H,6-12H2,1H3,(H,35,37). The number of nitrogens with zero attached hydrogens (tertiary/aromatic N) is 2. The summed E-state index contributed by atoms with van der Waals surface area (Å²) in [5.41, 5.74) is 0.806. The monoisotopic (exact) mass is 547 g/mol. The summed E-state index contributed by atoms with van der Waals surface area (Å²) in [6, 6.07) is 6.36. The van der Waals surface area contributed by atoms with Gasteiger partial charge in [0.15, 0.2) is 17.5 Å². The molecule has 0 radical (unpaired) electrons. The van der Waals surface area contributed by atoms with E-state index in [0.717, 1.165) is 18.3 Å². The van der Waals surface area contributed by atoms with E-state index in [1.165, 1.54) is 13.2 Å². The first-order valence-corrected chi connectivity index (χ1v) is 12.2. The summed E-state index contributed by atoms with van der Waals surface area (Å²) in [6.07, 6.45) is -0.390. The number of alkyl halides is 1. The number of carbonyl (C=O) groups excluding carboxylic acids is 1. The number of methoxy groups -OCH3 is 1. The molecule has 4 rings (SSSR count). The van der Waals surface area contributed by atoms with E-state index < -0.39 is 40.8 Å². The minimum Gasteiger partial charge on any atom is -0.497 e. The second-order valence-corrected chi connectivity index (χ2v) is 9.46. The Morgan fingerprint density at radius 1 is 1.15 bits per heavy atom. The molecule has 1 aliphatic rings. The number of likely N-dealkylation sites (tertiary alicyclic amines) is 1. The van der Waals surface area contributed by atoms with Crippen LogP contribution in [0, 0.1) is 40.5 Å². The predicted octanol–water partition coefficient (Wildman–Crippen LogP) is 5.23. The smallest absolute Gasteiger partial charge is 0.249 e. The number of rotatable bonds is 7. The van der Waals surface area contributed by atoms with E-state index in [1.807, 2.05) is 4.90 Å². The molecule has 206 valence electrons. The second-order valence-electron chi connectivity index (χ2n) is 9.46. The van der Waals surface area contributed by atoms with E-state index in [2.05, 4.69) is 16.8 Å². The number of hydroxylamine groups is 1. The summed E-state index contributed by atoms with van der Waals surface area (Å²) in [4.78, 5) is 18.6. The summed E-state index contributed by atoms with van der Waals surface area (Å²) in [5.74, 6) is 0.0904. The number of carbonyl (C=O) groups is 1. The topological polar surface area (TPSA) is 74.7 Å². The molecule has 39 heavy (non-hydrogen) atoms. The van der Waals surface area contributed by atoms with E-state index in [1.54, 1.807) is 17.6 Å². The summed E-state index contributed by atoms with van der Waals surface area (Å²) >= 11 is 0. The van der Waals surface area contributed by atoms with E-state index in [9.17, 15) is 27.6 Å². The Hall–Kier alpha value is -3.75. The van der Waals surface area contributed by atoms with Gasteiger partial charge in [0.05, 0.1) is 30.8 Å². The number of ether oxygens (including phenoxy) is 1. The Balaban J connectivity index is 1.44.